The predicted octanol–water partition coefficient (Wildman–Crippen LogP) is 0.881. The molecule has 0 fully saturated rings. The van der Waals surface area contributed by atoms with Crippen molar-refractivity contribution in [1.29, 1.82) is 0 Å². The summed E-state index contributed by atoms with van der Waals surface area (Å²) in [4.78, 5) is 9.05. The van der Waals surface area contributed by atoms with Gasteiger partial charge in [-0.1, -0.05) is 0 Å². The first-order valence-electron chi connectivity index (χ1n) is 6.24. The van der Waals surface area contributed by atoms with Crippen LogP contribution in [0.4, 0.5) is 0 Å². The zero-order chi connectivity index (χ0) is 11.6. The van der Waals surface area contributed by atoms with Crippen molar-refractivity contribution in [3.05, 3.63) is 0 Å². The molecular formula is C12H24N4. The fourth-order valence-corrected chi connectivity index (χ4v) is 1.56. The first-order chi connectivity index (χ1) is 7.80. The number of rotatable bonds is 0. The minimum Gasteiger partial charge on any atom is -0.315 e. The maximum Gasteiger partial charge on any atom is 0.0524 e. The van der Waals surface area contributed by atoms with Gasteiger partial charge in [-0.2, -0.15) is 0 Å². The minimum absolute atomic E-state index is 0.902. The number of nitrogens with zero attached hydrogens (tertiary/aromatic N) is 2. The second kappa shape index (κ2) is 8.42. The summed E-state index contributed by atoms with van der Waals surface area (Å²) in [7, 11) is 0. The maximum atomic E-state index is 4.52. The third-order valence-electron chi connectivity index (χ3n) is 2.72. The van der Waals surface area contributed by atoms with E-state index in [1.54, 1.807) is 0 Å². The molecule has 0 aromatic carbocycles. The molecule has 1 heterocycles. The molecule has 0 unspecified atom stereocenters. The summed E-state index contributed by atoms with van der Waals surface area (Å²) < 4.78 is 0. The highest BCUT2D eigenvalue weighted by molar-refractivity contribution is 6.40. The molecule has 4 heteroatoms. The second-order valence-corrected chi connectivity index (χ2v) is 4.14. The van der Waals surface area contributed by atoms with E-state index in [1.165, 1.54) is 0 Å². The van der Waals surface area contributed by atoms with Crippen molar-refractivity contribution < 1.29 is 0 Å². The lowest BCUT2D eigenvalue weighted by Crippen LogP contribution is -2.29. The smallest absolute Gasteiger partial charge is 0.0524 e. The van der Waals surface area contributed by atoms with Crippen molar-refractivity contribution in [3.8, 4) is 0 Å². The van der Waals surface area contributed by atoms with Crippen molar-refractivity contribution in [3.63, 3.8) is 0 Å². The molecule has 0 saturated heterocycles. The molecule has 0 aliphatic carbocycles. The summed E-state index contributed by atoms with van der Waals surface area (Å²) in [6.45, 7) is 10.1. The average Bonchev–Trinajstić information content (AvgIpc) is 2.29. The zero-order valence-electron chi connectivity index (χ0n) is 10.6. The van der Waals surface area contributed by atoms with Gasteiger partial charge in [0.25, 0.3) is 0 Å². The molecule has 0 atom stereocenters. The van der Waals surface area contributed by atoms with Crippen LogP contribution in [0.2, 0.25) is 0 Å². The molecule has 2 N–H and O–H groups in total. The highest BCUT2D eigenvalue weighted by Gasteiger charge is 1.97. The highest BCUT2D eigenvalue weighted by Crippen LogP contribution is 1.90. The van der Waals surface area contributed by atoms with E-state index < -0.39 is 0 Å². The van der Waals surface area contributed by atoms with Crippen LogP contribution in [0.3, 0.4) is 0 Å². The fourth-order valence-electron chi connectivity index (χ4n) is 1.56. The summed E-state index contributed by atoms with van der Waals surface area (Å²) in [6.07, 6.45) is 2.20. The quantitative estimate of drug-likeness (QED) is 0.642. The normalized spacial score (nSPS) is 21.9. The number of hydrogen-bond acceptors (Lipinski definition) is 4. The van der Waals surface area contributed by atoms with Crippen molar-refractivity contribution >= 4 is 11.4 Å². The molecule has 1 aliphatic heterocycles. The minimum atomic E-state index is 0.902. The van der Waals surface area contributed by atoms with E-state index in [1.807, 2.05) is 0 Å². The third-order valence-corrected chi connectivity index (χ3v) is 2.72. The lowest BCUT2D eigenvalue weighted by Gasteiger charge is -2.07. The van der Waals surface area contributed by atoms with Gasteiger partial charge in [-0.25, -0.2) is 0 Å². The molecule has 0 amide bonds. The fraction of sp³-hybridized carbons (Fsp3) is 0.833. The average molecular weight is 224 g/mol. The van der Waals surface area contributed by atoms with Gasteiger partial charge in [0.15, 0.2) is 0 Å². The molecule has 0 saturated carbocycles. The Labute approximate surface area is 98.6 Å². The van der Waals surface area contributed by atoms with Crippen LogP contribution in [0, 0.1) is 0 Å². The molecule has 0 aromatic heterocycles. The first kappa shape index (κ1) is 13.3. The number of nitrogens with one attached hydrogen (secondary N) is 2. The van der Waals surface area contributed by atoms with Crippen LogP contribution >= 0.6 is 0 Å². The van der Waals surface area contributed by atoms with Gasteiger partial charge in [-0.05, 0) is 39.8 Å². The summed E-state index contributed by atoms with van der Waals surface area (Å²) in [5.41, 5.74) is 2.18. The Balaban J connectivity index is 2.43. The Kier molecular flexibility index (Phi) is 7.01. The third kappa shape index (κ3) is 5.98. The standard InChI is InChI=1S/C12H24N4/c1-11-12(2)16-8-4-6-14-10-9-13-5-3-7-15-11/h13-14H,3-10H2,1-2H3. The first-order valence-corrected chi connectivity index (χ1v) is 6.24. The molecule has 4 nitrogen and oxygen atoms in total. The van der Waals surface area contributed by atoms with Crippen molar-refractivity contribution in [1.82, 2.24) is 10.6 Å². The van der Waals surface area contributed by atoms with Crippen molar-refractivity contribution in [2.45, 2.75) is 26.7 Å². The van der Waals surface area contributed by atoms with Gasteiger partial charge in [0.05, 0.1) is 11.4 Å². The SMILES string of the molecule is CC1=NCCCNCCNCCCN=C1C. The molecule has 1 rings (SSSR count). The largest absolute Gasteiger partial charge is 0.315 e. The van der Waals surface area contributed by atoms with Crippen LogP contribution in [0.1, 0.15) is 26.7 Å². The van der Waals surface area contributed by atoms with Crippen LogP contribution in [0.15, 0.2) is 9.98 Å². The van der Waals surface area contributed by atoms with Crippen LogP contribution < -0.4 is 10.6 Å². The van der Waals surface area contributed by atoms with Gasteiger partial charge in [-0.3, -0.25) is 9.98 Å². The molecule has 0 spiro atoms. The Morgan fingerprint density at radius 2 is 1.19 bits per heavy atom. The molecular weight excluding hydrogens is 200 g/mol. The summed E-state index contributed by atoms with van der Waals surface area (Å²) in [5.74, 6) is 0. The number of aliphatic imine (C=N–C) groups is 2. The number of hydrogen-bond donors (Lipinski definition) is 2. The van der Waals surface area contributed by atoms with E-state index >= 15 is 0 Å². The monoisotopic (exact) mass is 224 g/mol. The second-order valence-electron chi connectivity index (χ2n) is 4.14. The van der Waals surface area contributed by atoms with E-state index in [9.17, 15) is 0 Å². The van der Waals surface area contributed by atoms with Gasteiger partial charge >= 0.3 is 0 Å². The molecule has 16 heavy (non-hydrogen) atoms. The Morgan fingerprint density at radius 3 is 1.62 bits per heavy atom. The van der Waals surface area contributed by atoms with Gasteiger partial charge < -0.3 is 10.6 Å². The van der Waals surface area contributed by atoms with E-state index in [0.29, 0.717) is 0 Å². The molecule has 0 bridgehead atoms. The van der Waals surface area contributed by atoms with Gasteiger partial charge in [0.1, 0.15) is 0 Å². The Hall–Kier alpha value is -0.740. The zero-order valence-corrected chi connectivity index (χ0v) is 10.6. The molecule has 0 radical (unpaired) electrons. The topological polar surface area (TPSA) is 48.8 Å². The molecule has 1 aliphatic rings. The van der Waals surface area contributed by atoms with Crippen LogP contribution in [-0.2, 0) is 0 Å². The van der Waals surface area contributed by atoms with Crippen LogP contribution in [0.25, 0.3) is 0 Å². The maximum absolute atomic E-state index is 4.52. The summed E-state index contributed by atoms with van der Waals surface area (Å²) in [5, 5.41) is 6.81. The molecule has 92 valence electrons. The van der Waals surface area contributed by atoms with E-state index in [-0.39, 0.29) is 0 Å². The van der Waals surface area contributed by atoms with Crippen molar-refractivity contribution in [2.24, 2.45) is 9.98 Å². The van der Waals surface area contributed by atoms with E-state index in [0.717, 1.165) is 63.5 Å². The van der Waals surface area contributed by atoms with Crippen LogP contribution in [0.5, 0.6) is 0 Å². The lowest BCUT2D eigenvalue weighted by atomic mass is 10.2. The van der Waals surface area contributed by atoms with Crippen molar-refractivity contribution in [2.75, 3.05) is 39.3 Å². The Bertz CT molecular complexity index is 219. The highest BCUT2D eigenvalue weighted by atomic mass is 14.9. The van der Waals surface area contributed by atoms with Gasteiger partial charge in [0.2, 0.25) is 0 Å². The summed E-state index contributed by atoms with van der Waals surface area (Å²) in [6, 6.07) is 0. The Morgan fingerprint density at radius 1 is 0.750 bits per heavy atom. The van der Waals surface area contributed by atoms with Gasteiger partial charge in [0, 0.05) is 26.2 Å². The van der Waals surface area contributed by atoms with E-state index in [4.69, 9.17) is 0 Å². The van der Waals surface area contributed by atoms with E-state index in [2.05, 4.69) is 34.5 Å². The predicted molar refractivity (Wildman–Crippen MR) is 70.9 cm³/mol. The van der Waals surface area contributed by atoms with Crippen LogP contribution in [-0.4, -0.2) is 50.7 Å². The summed E-state index contributed by atoms with van der Waals surface area (Å²) >= 11 is 0. The van der Waals surface area contributed by atoms with Gasteiger partial charge in [-0.15, -0.1) is 0 Å². The molecule has 0 aromatic rings. The lowest BCUT2D eigenvalue weighted by molar-refractivity contribution is 0.590.